The number of amides is 1. The highest BCUT2D eigenvalue weighted by molar-refractivity contribution is 5.97. The maximum absolute atomic E-state index is 12.2. The van der Waals surface area contributed by atoms with Gasteiger partial charge in [0.15, 0.2) is 5.78 Å². The monoisotopic (exact) mass is 363 g/mol. The number of carbonyl (C=O) groups is 2. The molecule has 2 heterocycles. The number of carbonyl (C=O) groups excluding carboxylic acids is 2. The highest BCUT2D eigenvalue weighted by atomic mass is 16.2. The Morgan fingerprint density at radius 2 is 1.89 bits per heavy atom. The van der Waals surface area contributed by atoms with Crippen LogP contribution in [0, 0.1) is 13.8 Å². The van der Waals surface area contributed by atoms with Crippen molar-refractivity contribution in [2.75, 3.05) is 0 Å². The molecule has 0 saturated carbocycles. The zero-order valence-corrected chi connectivity index (χ0v) is 15.3. The summed E-state index contributed by atoms with van der Waals surface area (Å²) in [4.78, 5) is 43.0. The van der Waals surface area contributed by atoms with Crippen molar-refractivity contribution in [2.45, 2.75) is 33.2 Å². The topological polar surface area (TPSA) is 91.9 Å². The molecule has 6 nitrogen and oxygen atoms in total. The van der Waals surface area contributed by atoms with E-state index in [0.717, 1.165) is 22.0 Å². The molecule has 0 unspecified atom stereocenters. The van der Waals surface area contributed by atoms with Gasteiger partial charge in [0.05, 0.1) is 0 Å². The lowest BCUT2D eigenvalue weighted by molar-refractivity contribution is -0.121. The van der Waals surface area contributed by atoms with Gasteiger partial charge in [0, 0.05) is 48.4 Å². The molecule has 1 aromatic carbocycles. The highest BCUT2D eigenvalue weighted by Gasteiger charge is 2.10. The minimum atomic E-state index is -0.271. The van der Waals surface area contributed by atoms with Crippen LogP contribution in [0.3, 0.4) is 0 Å². The normalized spacial score (nSPS) is 10.7. The van der Waals surface area contributed by atoms with Crippen LogP contribution in [-0.4, -0.2) is 21.7 Å². The van der Waals surface area contributed by atoms with Crippen LogP contribution >= 0.6 is 0 Å². The van der Waals surface area contributed by atoms with E-state index < -0.39 is 0 Å². The Kier molecular flexibility index (Phi) is 5.45. The maximum Gasteiger partial charge on any atom is 0.253 e. The van der Waals surface area contributed by atoms with Gasteiger partial charge in [-0.25, -0.2) is 0 Å². The number of hydrogen-bond donors (Lipinski definition) is 2. The van der Waals surface area contributed by atoms with E-state index in [-0.39, 0.29) is 36.6 Å². The first-order valence-electron chi connectivity index (χ1n) is 8.77. The fourth-order valence-corrected chi connectivity index (χ4v) is 2.83. The lowest BCUT2D eigenvalue weighted by Crippen LogP contribution is -2.27. The number of ketones is 1. The van der Waals surface area contributed by atoms with Gasteiger partial charge in [-0.3, -0.25) is 19.4 Å². The molecule has 27 heavy (non-hydrogen) atoms. The van der Waals surface area contributed by atoms with Gasteiger partial charge in [-0.2, -0.15) is 0 Å². The number of aryl methyl sites for hydroxylation is 2. The van der Waals surface area contributed by atoms with E-state index in [9.17, 15) is 14.4 Å². The Morgan fingerprint density at radius 1 is 1.11 bits per heavy atom. The summed E-state index contributed by atoms with van der Waals surface area (Å²) >= 11 is 0. The first-order valence-corrected chi connectivity index (χ1v) is 8.77. The molecule has 0 radical (unpaired) electrons. The van der Waals surface area contributed by atoms with Crippen LogP contribution in [0.5, 0.6) is 0 Å². The van der Waals surface area contributed by atoms with Crippen molar-refractivity contribution in [1.82, 2.24) is 15.3 Å². The van der Waals surface area contributed by atoms with Crippen molar-refractivity contribution in [2.24, 2.45) is 0 Å². The molecule has 0 saturated heterocycles. The molecule has 2 aromatic heterocycles. The molecule has 0 atom stereocenters. The van der Waals surface area contributed by atoms with Gasteiger partial charge in [-0.1, -0.05) is 0 Å². The van der Waals surface area contributed by atoms with Gasteiger partial charge in [-0.05, 0) is 60.7 Å². The van der Waals surface area contributed by atoms with Crippen LogP contribution in [0.2, 0.25) is 0 Å². The van der Waals surface area contributed by atoms with Gasteiger partial charge in [0.1, 0.15) is 0 Å². The molecule has 0 fully saturated rings. The quantitative estimate of drug-likeness (QED) is 0.659. The fraction of sp³-hybridized carbons (Fsp3) is 0.238. The van der Waals surface area contributed by atoms with E-state index in [4.69, 9.17) is 0 Å². The number of fused-ring (bicyclic) bond motifs is 1. The number of hydrogen-bond acceptors (Lipinski definition) is 4. The summed E-state index contributed by atoms with van der Waals surface area (Å²) in [6.07, 6.45) is 3.24. The van der Waals surface area contributed by atoms with Crippen LogP contribution in [0.15, 0.2) is 47.5 Å². The van der Waals surface area contributed by atoms with Crippen molar-refractivity contribution in [3.8, 4) is 0 Å². The summed E-state index contributed by atoms with van der Waals surface area (Å²) in [5.41, 5.74) is 3.77. The number of benzene rings is 1. The Bertz CT molecular complexity index is 1060. The second-order valence-corrected chi connectivity index (χ2v) is 6.59. The summed E-state index contributed by atoms with van der Waals surface area (Å²) in [5, 5.41) is 3.64. The van der Waals surface area contributed by atoms with Crippen molar-refractivity contribution in [1.29, 1.82) is 0 Å². The molecular formula is C21H21N3O3. The van der Waals surface area contributed by atoms with Crippen LogP contribution < -0.4 is 10.9 Å². The van der Waals surface area contributed by atoms with E-state index in [1.54, 1.807) is 24.4 Å². The largest absolute Gasteiger partial charge is 0.352 e. The number of nitrogens with zero attached hydrogens (tertiary/aromatic N) is 1. The van der Waals surface area contributed by atoms with Gasteiger partial charge >= 0.3 is 0 Å². The van der Waals surface area contributed by atoms with Crippen LogP contribution in [0.4, 0.5) is 0 Å². The molecule has 0 aliphatic heterocycles. The average Bonchev–Trinajstić information content (AvgIpc) is 2.66. The molecule has 0 aliphatic rings. The van der Waals surface area contributed by atoms with Crippen molar-refractivity contribution in [3.63, 3.8) is 0 Å². The molecule has 2 N–H and O–H groups in total. The summed E-state index contributed by atoms with van der Waals surface area (Å²) in [7, 11) is 0. The third-order valence-corrected chi connectivity index (χ3v) is 4.57. The van der Waals surface area contributed by atoms with Gasteiger partial charge in [0.25, 0.3) is 5.56 Å². The van der Waals surface area contributed by atoms with Crippen molar-refractivity contribution >= 4 is 22.6 Å². The molecule has 0 bridgehead atoms. The van der Waals surface area contributed by atoms with Gasteiger partial charge < -0.3 is 10.3 Å². The molecular weight excluding hydrogens is 342 g/mol. The predicted octanol–water partition coefficient (Wildman–Crippen LogP) is 2.82. The molecule has 3 aromatic rings. The Labute approximate surface area is 156 Å². The average molecular weight is 363 g/mol. The summed E-state index contributed by atoms with van der Waals surface area (Å²) < 4.78 is 0. The van der Waals surface area contributed by atoms with E-state index in [2.05, 4.69) is 15.3 Å². The van der Waals surface area contributed by atoms with Crippen LogP contribution in [0.1, 0.15) is 39.9 Å². The third-order valence-electron chi connectivity index (χ3n) is 4.57. The molecule has 0 aliphatic carbocycles. The fourth-order valence-electron chi connectivity index (χ4n) is 2.83. The van der Waals surface area contributed by atoms with Crippen molar-refractivity contribution in [3.05, 3.63) is 75.3 Å². The Balaban J connectivity index is 1.61. The first-order chi connectivity index (χ1) is 12.9. The number of nitrogens with one attached hydrogen (secondary N) is 2. The number of Topliss-reactive ketones (excluding diaryl/α,β-unsaturated/α-hetero) is 1. The summed E-state index contributed by atoms with van der Waals surface area (Å²) in [6, 6.07) is 9.10. The van der Waals surface area contributed by atoms with E-state index in [1.807, 2.05) is 26.0 Å². The Morgan fingerprint density at radius 3 is 2.63 bits per heavy atom. The molecule has 0 spiro atoms. The van der Waals surface area contributed by atoms with Gasteiger partial charge in [0.2, 0.25) is 5.91 Å². The number of pyridine rings is 2. The zero-order valence-electron chi connectivity index (χ0n) is 15.3. The third kappa shape index (κ3) is 4.47. The zero-order chi connectivity index (χ0) is 19.4. The second kappa shape index (κ2) is 7.95. The summed E-state index contributed by atoms with van der Waals surface area (Å²) in [6.45, 7) is 4.13. The Hall–Kier alpha value is -3.28. The lowest BCUT2D eigenvalue weighted by atomic mass is 10.0. The van der Waals surface area contributed by atoms with Crippen LogP contribution in [-0.2, 0) is 11.3 Å². The highest BCUT2D eigenvalue weighted by Crippen LogP contribution is 2.17. The second-order valence-electron chi connectivity index (χ2n) is 6.59. The maximum atomic E-state index is 12.2. The van der Waals surface area contributed by atoms with Crippen LogP contribution in [0.25, 0.3) is 10.9 Å². The lowest BCUT2D eigenvalue weighted by Gasteiger charge is -2.08. The first kappa shape index (κ1) is 18.5. The van der Waals surface area contributed by atoms with E-state index in [1.165, 1.54) is 6.20 Å². The molecule has 1 amide bonds. The summed E-state index contributed by atoms with van der Waals surface area (Å²) in [5.74, 6) is -0.403. The SMILES string of the molecule is Cc1cc2cc(CNC(=O)CCC(=O)c3cccnc3)c(=O)[nH]c2cc1C. The number of H-pyrrole nitrogens is 1. The standard InChI is InChI=1S/C21H21N3O3/c1-13-8-16-10-17(21(27)24-18(16)9-14(13)2)12-23-20(26)6-5-19(25)15-4-3-7-22-11-15/h3-4,7-11H,5-6,12H2,1-2H3,(H,23,26)(H,24,27). The van der Waals surface area contributed by atoms with E-state index in [0.29, 0.717) is 11.1 Å². The van der Waals surface area contributed by atoms with Crippen molar-refractivity contribution < 1.29 is 9.59 Å². The number of aromatic nitrogens is 2. The van der Waals surface area contributed by atoms with Gasteiger partial charge in [-0.15, -0.1) is 0 Å². The molecule has 3 rings (SSSR count). The number of aromatic amines is 1. The minimum absolute atomic E-state index is 0.0670. The van der Waals surface area contributed by atoms with E-state index >= 15 is 0 Å². The predicted molar refractivity (Wildman–Crippen MR) is 104 cm³/mol. The minimum Gasteiger partial charge on any atom is -0.352 e. The smallest absolute Gasteiger partial charge is 0.253 e. The number of rotatable bonds is 6. The molecule has 6 heteroatoms. The molecule has 138 valence electrons.